The van der Waals surface area contributed by atoms with Crippen LogP contribution in [0.15, 0.2) is 21.4 Å². The molecule has 0 fully saturated rings. The highest BCUT2D eigenvalue weighted by atomic mass is 32.2. The molecule has 3 aromatic rings. The fourth-order valence-electron chi connectivity index (χ4n) is 1.93. The second-order valence-corrected chi connectivity index (χ2v) is 6.83. The molecule has 0 spiro atoms. The second-order valence-electron chi connectivity index (χ2n) is 4.99. The summed E-state index contributed by atoms with van der Waals surface area (Å²) < 4.78 is 1.54. The van der Waals surface area contributed by atoms with Crippen LogP contribution in [0.25, 0.3) is 10.2 Å². The molecule has 8 nitrogen and oxygen atoms in total. The topological polar surface area (TPSA) is 103 Å². The molecule has 0 aromatic carbocycles. The standard InChI is InChI=1S/C13H15N7OS2/c1-19(2)12-16-8(15-11(14)18-12)6-23-13-17-9-7(4-5-22-9)10(21)20(13)3/h4-5H,6H2,1-3H3,(H2,14,15,16,18). The van der Waals surface area contributed by atoms with Gasteiger partial charge in [-0.25, -0.2) is 4.98 Å². The SMILES string of the molecule is CN(C)c1nc(N)nc(CSc2nc3sccc3c(=O)n2C)n1. The first-order valence-electron chi connectivity index (χ1n) is 6.70. The minimum Gasteiger partial charge on any atom is -0.368 e. The number of thioether (sulfide) groups is 1. The smallest absolute Gasteiger partial charge is 0.262 e. The first-order chi connectivity index (χ1) is 11.0. The third kappa shape index (κ3) is 3.13. The van der Waals surface area contributed by atoms with Gasteiger partial charge in [0.15, 0.2) is 5.16 Å². The molecule has 0 radical (unpaired) electrons. The van der Waals surface area contributed by atoms with Gasteiger partial charge in [0, 0.05) is 21.1 Å². The van der Waals surface area contributed by atoms with Crippen molar-refractivity contribution in [3.8, 4) is 0 Å². The molecule has 0 amide bonds. The molecular formula is C13H15N7OS2. The van der Waals surface area contributed by atoms with Crippen LogP contribution in [0.1, 0.15) is 5.82 Å². The van der Waals surface area contributed by atoms with Crippen LogP contribution in [0, 0.1) is 0 Å². The van der Waals surface area contributed by atoms with Crippen LogP contribution in [0.5, 0.6) is 0 Å². The van der Waals surface area contributed by atoms with Gasteiger partial charge in [0.05, 0.1) is 11.1 Å². The van der Waals surface area contributed by atoms with Gasteiger partial charge in [0.1, 0.15) is 10.7 Å². The summed E-state index contributed by atoms with van der Waals surface area (Å²) in [5, 5.41) is 3.13. The fraction of sp³-hybridized carbons (Fsp3) is 0.308. The average molecular weight is 349 g/mol. The Labute approximate surface area is 140 Å². The van der Waals surface area contributed by atoms with Gasteiger partial charge in [-0.05, 0) is 11.4 Å². The van der Waals surface area contributed by atoms with Crippen LogP contribution in [0.4, 0.5) is 11.9 Å². The molecule has 120 valence electrons. The van der Waals surface area contributed by atoms with Gasteiger partial charge >= 0.3 is 0 Å². The second kappa shape index (κ2) is 6.13. The Morgan fingerprint density at radius 3 is 2.83 bits per heavy atom. The van der Waals surface area contributed by atoms with E-state index >= 15 is 0 Å². The van der Waals surface area contributed by atoms with E-state index in [1.54, 1.807) is 18.0 Å². The normalized spacial score (nSPS) is 11.1. The highest BCUT2D eigenvalue weighted by Gasteiger charge is 2.12. The summed E-state index contributed by atoms with van der Waals surface area (Å²) in [4.78, 5) is 31.8. The molecule has 0 atom stereocenters. The van der Waals surface area contributed by atoms with Crippen molar-refractivity contribution >= 4 is 45.2 Å². The van der Waals surface area contributed by atoms with Crippen LogP contribution < -0.4 is 16.2 Å². The predicted octanol–water partition coefficient (Wildman–Crippen LogP) is 1.12. The monoisotopic (exact) mass is 349 g/mol. The van der Waals surface area contributed by atoms with E-state index in [2.05, 4.69) is 19.9 Å². The van der Waals surface area contributed by atoms with E-state index in [1.165, 1.54) is 27.7 Å². The molecule has 2 N–H and O–H groups in total. The van der Waals surface area contributed by atoms with Crippen molar-refractivity contribution < 1.29 is 0 Å². The summed E-state index contributed by atoms with van der Waals surface area (Å²) in [5.41, 5.74) is 5.66. The maximum absolute atomic E-state index is 12.3. The van der Waals surface area contributed by atoms with E-state index in [0.717, 1.165) is 4.83 Å². The summed E-state index contributed by atoms with van der Waals surface area (Å²) in [7, 11) is 5.38. The average Bonchev–Trinajstić information content (AvgIpc) is 2.97. The van der Waals surface area contributed by atoms with Crippen molar-refractivity contribution in [2.75, 3.05) is 24.7 Å². The Morgan fingerprint density at radius 2 is 2.09 bits per heavy atom. The third-order valence-electron chi connectivity index (χ3n) is 3.08. The lowest BCUT2D eigenvalue weighted by molar-refractivity contribution is 0.727. The Hall–Kier alpha value is -2.20. The van der Waals surface area contributed by atoms with Gasteiger partial charge in [0.25, 0.3) is 5.56 Å². The van der Waals surface area contributed by atoms with Crippen LogP contribution >= 0.6 is 23.1 Å². The number of anilines is 2. The molecule has 3 rings (SSSR count). The summed E-state index contributed by atoms with van der Waals surface area (Å²) in [6.45, 7) is 0. The molecule has 0 bridgehead atoms. The number of rotatable bonds is 4. The fourth-order valence-corrected chi connectivity index (χ4v) is 3.56. The number of hydrogen-bond acceptors (Lipinski definition) is 9. The van der Waals surface area contributed by atoms with Crippen molar-refractivity contribution in [1.29, 1.82) is 0 Å². The van der Waals surface area contributed by atoms with Crippen LogP contribution in [0.3, 0.4) is 0 Å². The molecule has 0 aliphatic carbocycles. The van der Waals surface area contributed by atoms with E-state index in [-0.39, 0.29) is 11.5 Å². The number of nitrogen functional groups attached to an aromatic ring is 1. The molecule has 0 saturated carbocycles. The van der Waals surface area contributed by atoms with E-state index in [1.807, 2.05) is 19.5 Å². The predicted molar refractivity (Wildman–Crippen MR) is 93.0 cm³/mol. The summed E-state index contributed by atoms with van der Waals surface area (Å²) in [5.74, 6) is 1.68. The first-order valence-corrected chi connectivity index (χ1v) is 8.57. The number of nitrogens with two attached hydrogens (primary N) is 1. The zero-order valence-corrected chi connectivity index (χ0v) is 14.5. The lowest BCUT2D eigenvalue weighted by Crippen LogP contribution is -2.19. The van der Waals surface area contributed by atoms with Crippen LogP contribution in [-0.2, 0) is 12.8 Å². The van der Waals surface area contributed by atoms with E-state index in [9.17, 15) is 4.79 Å². The van der Waals surface area contributed by atoms with Crippen molar-refractivity contribution in [2.45, 2.75) is 10.9 Å². The van der Waals surface area contributed by atoms with Gasteiger partial charge in [-0.15, -0.1) is 11.3 Å². The Morgan fingerprint density at radius 1 is 1.30 bits per heavy atom. The number of fused-ring (bicyclic) bond motifs is 1. The number of nitrogens with zero attached hydrogens (tertiary/aromatic N) is 6. The third-order valence-corrected chi connectivity index (χ3v) is 4.91. The molecule has 3 aromatic heterocycles. The molecule has 10 heteroatoms. The molecular weight excluding hydrogens is 334 g/mol. The van der Waals surface area contributed by atoms with Gasteiger partial charge in [-0.3, -0.25) is 9.36 Å². The highest BCUT2D eigenvalue weighted by molar-refractivity contribution is 7.98. The molecule has 0 unspecified atom stereocenters. The molecule has 0 aliphatic heterocycles. The maximum atomic E-state index is 12.3. The Bertz CT molecular complexity index is 918. The number of thiophene rings is 1. The molecule has 0 saturated heterocycles. The quantitative estimate of drug-likeness (QED) is 0.552. The summed E-state index contributed by atoms with van der Waals surface area (Å²) in [6.07, 6.45) is 0. The first kappa shape index (κ1) is 15.7. The largest absolute Gasteiger partial charge is 0.368 e. The van der Waals surface area contributed by atoms with E-state index in [4.69, 9.17) is 5.73 Å². The zero-order chi connectivity index (χ0) is 16.6. The minimum atomic E-state index is -0.0529. The molecule has 3 heterocycles. The lowest BCUT2D eigenvalue weighted by atomic mass is 10.4. The van der Waals surface area contributed by atoms with Crippen molar-refractivity contribution in [2.24, 2.45) is 7.05 Å². The highest BCUT2D eigenvalue weighted by Crippen LogP contribution is 2.23. The minimum absolute atomic E-state index is 0.0529. The summed E-state index contributed by atoms with van der Waals surface area (Å²) >= 11 is 2.84. The van der Waals surface area contributed by atoms with Crippen LogP contribution in [0.2, 0.25) is 0 Å². The van der Waals surface area contributed by atoms with Gasteiger partial charge in [0.2, 0.25) is 11.9 Å². The Balaban J connectivity index is 1.89. The maximum Gasteiger partial charge on any atom is 0.262 e. The summed E-state index contributed by atoms with van der Waals surface area (Å²) in [6, 6.07) is 1.79. The van der Waals surface area contributed by atoms with Gasteiger partial charge < -0.3 is 10.6 Å². The van der Waals surface area contributed by atoms with Gasteiger partial charge in [-0.1, -0.05) is 11.8 Å². The molecule has 23 heavy (non-hydrogen) atoms. The number of hydrogen-bond donors (Lipinski definition) is 1. The van der Waals surface area contributed by atoms with Crippen molar-refractivity contribution in [1.82, 2.24) is 24.5 Å². The van der Waals surface area contributed by atoms with Crippen LogP contribution in [-0.4, -0.2) is 38.6 Å². The van der Waals surface area contributed by atoms with E-state index in [0.29, 0.717) is 28.1 Å². The molecule has 0 aliphatic rings. The number of aromatic nitrogens is 5. The van der Waals surface area contributed by atoms with Crippen molar-refractivity contribution in [3.05, 3.63) is 27.6 Å². The van der Waals surface area contributed by atoms with Gasteiger partial charge in [-0.2, -0.15) is 15.0 Å². The zero-order valence-electron chi connectivity index (χ0n) is 12.8. The van der Waals surface area contributed by atoms with Crippen molar-refractivity contribution in [3.63, 3.8) is 0 Å². The Kier molecular flexibility index (Phi) is 4.18. The van der Waals surface area contributed by atoms with E-state index < -0.39 is 0 Å². The lowest BCUT2D eigenvalue weighted by Gasteiger charge is -2.11.